The molecule has 0 aromatic rings. The maximum atomic E-state index is 13.0. The molecule has 5 atom stereocenters. The Morgan fingerprint density at radius 2 is 0.628 bits per heavy atom. The molecule has 17 nitrogen and oxygen atoms in total. The molecule has 0 aliphatic rings. The molecule has 0 bridgehead atoms. The van der Waals surface area contributed by atoms with E-state index in [9.17, 15) is 43.2 Å². The van der Waals surface area contributed by atoms with Gasteiger partial charge in [-0.25, -0.2) is 9.13 Å². The molecule has 19 heteroatoms. The highest BCUT2D eigenvalue weighted by molar-refractivity contribution is 7.47. The molecule has 0 heterocycles. The summed E-state index contributed by atoms with van der Waals surface area (Å²) in [7, 11) is -9.98. The van der Waals surface area contributed by atoms with Gasteiger partial charge < -0.3 is 33.8 Å². The van der Waals surface area contributed by atoms with Crippen LogP contribution in [0.4, 0.5) is 0 Å². The zero-order chi connectivity index (χ0) is 69.0. The smallest absolute Gasteiger partial charge is 0.462 e. The van der Waals surface area contributed by atoms with Crippen LogP contribution in [-0.2, 0) is 65.4 Å². The van der Waals surface area contributed by atoms with Gasteiger partial charge in [0.25, 0.3) is 0 Å². The summed E-state index contributed by atoms with van der Waals surface area (Å²) in [5.41, 5.74) is 0. The summed E-state index contributed by atoms with van der Waals surface area (Å²) in [5, 5.41) is 10.6. The van der Waals surface area contributed by atoms with Gasteiger partial charge in [0.15, 0.2) is 12.2 Å². The Morgan fingerprint density at radius 3 is 1.03 bits per heavy atom. The van der Waals surface area contributed by atoms with E-state index < -0.39 is 97.5 Å². The molecular weight excluding hydrogens is 1230 g/mol. The molecule has 0 saturated carbocycles. The van der Waals surface area contributed by atoms with Crippen LogP contribution in [-0.4, -0.2) is 96.7 Å². The highest BCUT2D eigenvalue weighted by Gasteiger charge is 2.30. The van der Waals surface area contributed by atoms with E-state index in [0.717, 1.165) is 161 Å². The maximum Gasteiger partial charge on any atom is 0.472 e. The van der Waals surface area contributed by atoms with Crippen molar-refractivity contribution in [2.24, 2.45) is 0 Å². The van der Waals surface area contributed by atoms with E-state index in [1.165, 1.54) is 32.1 Å². The Hall–Kier alpha value is -4.54. The zero-order valence-electron chi connectivity index (χ0n) is 58.3. The largest absolute Gasteiger partial charge is 0.472 e. The van der Waals surface area contributed by atoms with Crippen LogP contribution in [0.5, 0.6) is 0 Å². The van der Waals surface area contributed by atoms with Gasteiger partial charge in [-0.2, -0.15) is 0 Å². The van der Waals surface area contributed by atoms with Gasteiger partial charge in [0, 0.05) is 19.3 Å². The number of esters is 4. The van der Waals surface area contributed by atoms with E-state index in [1.54, 1.807) is 6.08 Å². The molecule has 0 saturated heterocycles. The molecule has 0 aliphatic heterocycles. The summed E-state index contributed by atoms with van der Waals surface area (Å²) in [5.74, 6) is -2.37. The summed E-state index contributed by atoms with van der Waals surface area (Å²) < 4.78 is 68.1. The van der Waals surface area contributed by atoms with Crippen molar-refractivity contribution in [2.45, 2.75) is 290 Å². The lowest BCUT2D eigenvalue weighted by molar-refractivity contribution is -0.161. The normalized spacial score (nSPS) is 14.8. The first-order chi connectivity index (χ1) is 45.7. The van der Waals surface area contributed by atoms with E-state index in [2.05, 4.69) is 125 Å². The van der Waals surface area contributed by atoms with Gasteiger partial charge in [0.2, 0.25) is 0 Å². The average Bonchev–Trinajstić information content (AvgIpc) is 1.36. The lowest BCUT2D eigenvalue weighted by atomic mass is 10.1. The lowest BCUT2D eigenvalue weighted by Crippen LogP contribution is -2.30. The van der Waals surface area contributed by atoms with Gasteiger partial charge in [-0.3, -0.25) is 37.3 Å². The SMILES string of the molecule is CC/C=C\C/C=C\C/C=C\C/C=C\C/C=C\CC(=O)OCC(COP(=O)(O)OCC(O)COP(=O)(O)OCC(COC(=O)CCCCCCC/C=C\C/C=C\CCC)OC(=O)CCCCCCC/C=C\CCCC)OC(=O)CCCCCCC/C=C\C/C=C\CCCCC. The van der Waals surface area contributed by atoms with Crippen molar-refractivity contribution in [2.75, 3.05) is 39.6 Å². The summed E-state index contributed by atoms with van der Waals surface area (Å²) in [6.07, 6.45) is 71.0. The van der Waals surface area contributed by atoms with Crippen molar-refractivity contribution in [3.63, 3.8) is 0 Å². The minimum atomic E-state index is -5.00. The van der Waals surface area contributed by atoms with E-state index in [4.69, 9.17) is 37.0 Å². The van der Waals surface area contributed by atoms with Gasteiger partial charge in [-0.15, -0.1) is 0 Å². The quantitative estimate of drug-likeness (QED) is 0.0169. The number of aliphatic hydroxyl groups excluding tert-OH is 1. The molecule has 0 radical (unpaired) electrons. The number of aliphatic hydroxyl groups is 1. The van der Waals surface area contributed by atoms with E-state index in [-0.39, 0.29) is 25.7 Å². The van der Waals surface area contributed by atoms with Crippen LogP contribution in [0, 0.1) is 0 Å². The van der Waals surface area contributed by atoms with Crippen molar-refractivity contribution >= 4 is 39.5 Å². The van der Waals surface area contributed by atoms with Crippen molar-refractivity contribution in [1.29, 1.82) is 0 Å². The van der Waals surface area contributed by atoms with Crippen LogP contribution < -0.4 is 0 Å². The maximum absolute atomic E-state index is 13.0. The second kappa shape index (κ2) is 67.0. The van der Waals surface area contributed by atoms with Gasteiger partial charge in [0.05, 0.1) is 32.8 Å². The molecule has 0 aliphatic carbocycles. The van der Waals surface area contributed by atoms with Gasteiger partial charge in [0.1, 0.15) is 19.3 Å². The molecule has 0 aromatic carbocycles. The van der Waals surface area contributed by atoms with Crippen LogP contribution in [0.15, 0.2) is 122 Å². The van der Waals surface area contributed by atoms with Crippen molar-refractivity contribution in [3.8, 4) is 0 Å². The molecule has 3 N–H and O–H groups in total. The van der Waals surface area contributed by atoms with Crippen LogP contribution in [0.3, 0.4) is 0 Å². The molecule has 0 rings (SSSR count). The fourth-order valence-electron chi connectivity index (χ4n) is 8.93. The summed E-state index contributed by atoms with van der Waals surface area (Å²) >= 11 is 0. The topological polar surface area (TPSA) is 237 Å². The third kappa shape index (κ3) is 66.1. The summed E-state index contributed by atoms with van der Waals surface area (Å²) in [6, 6.07) is 0. The monoisotopic (exact) mass is 1360 g/mol. The van der Waals surface area contributed by atoms with Gasteiger partial charge in [-0.05, 0) is 128 Å². The molecule has 0 aromatic heterocycles. The first-order valence-corrected chi connectivity index (χ1v) is 38.8. The number of phosphoric acid groups is 2. The van der Waals surface area contributed by atoms with Crippen LogP contribution in [0.1, 0.15) is 272 Å². The lowest BCUT2D eigenvalue weighted by Gasteiger charge is -2.21. The summed E-state index contributed by atoms with van der Waals surface area (Å²) in [4.78, 5) is 72.5. The van der Waals surface area contributed by atoms with Gasteiger partial charge in [-0.1, -0.05) is 239 Å². The average molecular weight is 1360 g/mol. The Kier molecular flexibility index (Phi) is 63.8. The molecule has 0 amide bonds. The standard InChI is InChI=1S/C75H126O17P2/c1-5-9-13-17-21-25-29-32-34-37-41-44-48-52-56-60-73(78)86-66-71(92-75(80)62-58-54-50-46-42-38-35-33-30-26-22-18-14-10-6-2)68-90-94(83,84)88-64-69(76)63-87-93(81,82)89-67-70(91-74(79)61-57-53-49-45-39-28-24-20-16-12-8-4)65-85-72(77)59-55-51-47-43-40-36-31-27-23-19-15-11-7-3/h9,13,15,19-22,24-27,31-35,41,44,52,56,69-71,76H,5-8,10-12,14,16-18,23,28-30,36-40,42-43,45-51,53-55,57-68H2,1-4H3,(H,81,82)(H,83,84)/b13-9-,19-15-,24-20-,25-21-,26-22-,31-27-,34-32-,35-33-,44-41-,56-52-. The predicted octanol–water partition coefficient (Wildman–Crippen LogP) is 20.0. The Balaban J connectivity index is 5.43. The number of hydrogen-bond acceptors (Lipinski definition) is 15. The number of unbranched alkanes of at least 4 members (excludes halogenated alkanes) is 21. The number of allylic oxidation sites excluding steroid dienone is 19. The second-order valence-electron chi connectivity index (χ2n) is 23.5. The number of carbonyl (C=O) groups excluding carboxylic acids is 4. The molecule has 538 valence electrons. The van der Waals surface area contributed by atoms with Gasteiger partial charge >= 0.3 is 39.5 Å². The van der Waals surface area contributed by atoms with Crippen LogP contribution in [0.25, 0.3) is 0 Å². The zero-order valence-corrected chi connectivity index (χ0v) is 60.1. The number of hydrogen-bond donors (Lipinski definition) is 3. The minimum absolute atomic E-state index is 0.0569. The minimum Gasteiger partial charge on any atom is -0.462 e. The number of ether oxygens (including phenoxy) is 4. The molecule has 94 heavy (non-hydrogen) atoms. The number of phosphoric ester groups is 2. The molecular formula is C75H126O17P2. The third-order valence-electron chi connectivity index (χ3n) is 14.4. The van der Waals surface area contributed by atoms with Crippen LogP contribution >= 0.6 is 15.6 Å². The van der Waals surface area contributed by atoms with E-state index in [1.807, 2.05) is 18.2 Å². The van der Waals surface area contributed by atoms with E-state index in [0.29, 0.717) is 25.7 Å². The van der Waals surface area contributed by atoms with Crippen molar-refractivity contribution in [3.05, 3.63) is 122 Å². The number of rotatable bonds is 66. The van der Waals surface area contributed by atoms with Crippen molar-refractivity contribution in [1.82, 2.24) is 0 Å². The highest BCUT2D eigenvalue weighted by atomic mass is 31.2. The molecule has 0 fully saturated rings. The van der Waals surface area contributed by atoms with Crippen molar-refractivity contribution < 1.29 is 80.2 Å². The fourth-order valence-corrected chi connectivity index (χ4v) is 10.5. The predicted molar refractivity (Wildman–Crippen MR) is 381 cm³/mol. The summed E-state index contributed by atoms with van der Waals surface area (Å²) in [6.45, 7) is 4.44. The highest BCUT2D eigenvalue weighted by Crippen LogP contribution is 2.45. The third-order valence-corrected chi connectivity index (χ3v) is 16.3. The first-order valence-electron chi connectivity index (χ1n) is 35.8. The first kappa shape index (κ1) is 89.5. The fraction of sp³-hybridized carbons (Fsp3) is 0.680. The number of carbonyl (C=O) groups is 4. The Labute approximate surface area is 568 Å². The Morgan fingerprint density at radius 1 is 0.319 bits per heavy atom. The Bertz CT molecular complexity index is 2270. The second-order valence-corrected chi connectivity index (χ2v) is 26.4. The molecule has 5 unspecified atom stereocenters. The van der Waals surface area contributed by atoms with E-state index >= 15 is 0 Å². The van der Waals surface area contributed by atoms with Crippen LogP contribution in [0.2, 0.25) is 0 Å². The molecule has 0 spiro atoms.